The molecule has 1 heterocycles. The maximum atomic E-state index is 13.2. The van der Waals surface area contributed by atoms with E-state index in [0.29, 0.717) is 23.7 Å². The molecule has 1 unspecified atom stereocenters. The molecule has 7 heteroatoms. The topological polar surface area (TPSA) is 80.5 Å². The zero-order valence-electron chi connectivity index (χ0n) is 15.2. The van der Waals surface area contributed by atoms with Crippen molar-refractivity contribution in [1.29, 1.82) is 0 Å². The van der Waals surface area contributed by atoms with Gasteiger partial charge in [-0.3, -0.25) is 4.79 Å². The highest BCUT2D eigenvalue weighted by Crippen LogP contribution is 2.46. The van der Waals surface area contributed by atoms with Crippen LogP contribution in [0.5, 0.6) is 0 Å². The van der Waals surface area contributed by atoms with E-state index < -0.39 is 15.4 Å². The minimum Gasteiger partial charge on any atom is -0.369 e. The molecule has 1 saturated heterocycles. The Balaban J connectivity index is 1.90. The molecule has 3 rings (SSSR count). The van der Waals surface area contributed by atoms with Crippen LogP contribution in [0.15, 0.2) is 23.1 Å². The molecule has 1 saturated carbocycles. The van der Waals surface area contributed by atoms with Crippen molar-refractivity contribution in [3.63, 3.8) is 0 Å². The molecule has 2 N–H and O–H groups in total. The van der Waals surface area contributed by atoms with Gasteiger partial charge in [0.1, 0.15) is 0 Å². The third-order valence-electron chi connectivity index (χ3n) is 6.24. The zero-order valence-corrected chi connectivity index (χ0v) is 16.8. The number of hydrogen-bond donors (Lipinski definition) is 1. The summed E-state index contributed by atoms with van der Waals surface area (Å²) in [6, 6.07) is 4.96. The molecule has 0 aromatic heterocycles. The van der Waals surface area contributed by atoms with Crippen molar-refractivity contribution in [3.05, 3.63) is 28.8 Å². The Labute approximate surface area is 160 Å². The van der Waals surface area contributed by atoms with E-state index in [9.17, 15) is 13.2 Å². The van der Waals surface area contributed by atoms with Gasteiger partial charge in [0.05, 0.1) is 10.3 Å². The van der Waals surface area contributed by atoms with Crippen LogP contribution in [-0.2, 0) is 14.8 Å². The molecule has 0 bridgehead atoms. The molecule has 0 spiro atoms. The van der Waals surface area contributed by atoms with Crippen LogP contribution in [0.25, 0.3) is 0 Å². The predicted octanol–water partition coefficient (Wildman–Crippen LogP) is 3.48. The lowest BCUT2D eigenvalue weighted by Crippen LogP contribution is -2.52. The lowest BCUT2D eigenvalue weighted by Gasteiger charge is -2.45. The highest BCUT2D eigenvalue weighted by Gasteiger charge is 2.47. The van der Waals surface area contributed by atoms with Gasteiger partial charge in [-0.15, -0.1) is 0 Å². The van der Waals surface area contributed by atoms with Gasteiger partial charge in [0.25, 0.3) is 0 Å². The first kappa shape index (κ1) is 19.6. The molecule has 1 aromatic carbocycles. The number of halogens is 1. The number of rotatable bonds is 4. The normalized spacial score (nSPS) is 24.3. The summed E-state index contributed by atoms with van der Waals surface area (Å²) < 4.78 is 28.0. The van der Waals surface area contributed by atoms with E-state index in [1.54, 1.807) is 25.1 Å². The van der Waals surface area contributed by atoms with Crippen LogP contribution in [-0.4, -0.2) is 31.7 Å². The smallest absolute Gasteiger partial charge is 0.243 e. The third-order valence-corrected chi connectivity index (χ3v) is 8.66. The second-order valence-corrected chi connectivity index (χ2v) is 9.96. The van der Waals surface area contributed by atoms with Gasteiger partial charge in [-0.1, -0.05) is 36.9 Å². The highest BCUT2D eigenvalue weighted by molar-refractivity contribution is 7.89. The fraction of sp³-hybridized carbons (Fsp3) is 0.632. The van der Waals surface area contributed by atoms with Crippen molar-refractivity contribution in [3.8, 4) is 0 Å². The summed E-state index contributed by atoms with van der Waals surface area (Å²) >= 11 is 6.13. The molecule has 1 amide bonds. The highest BCUT2D eigenvalue weighted by atomic mass is 35.5. The number of primary amides is 1. The molecular weight excluding hydrogens is 372 g/mol. The maximum absolute atomic E-state index is 13.2. The van der Waals surface area contributed by atoms with E-state index in [0.717, 1.165) is 44.9 Å². The quantitative estimate of drug-likeness (QED) is 0.842. The predicted molar refractivity (Wildman–Crippen MR) is 102 cm³/mol. The summed E-state index contributed by atoms with van der Waals surface area (Å²) in [4.78, 5) is 12.6. The van der Waals surface area contributed by atoms with Crippen LogP contribution in [0.2, 0.25) is 5.02 Å². The summed E-state index contributed by atoms with van der Waals surface area (Å²) in [6.07, 6.45) is 6.24. The number of carbonyl (C=O) groups is 1. The second kappa shape index (κ2) is 7.49. The van der Waals surface area contributed by atoms with Gasteiger partial charge in [-0.25, -0.2) is 8.42 Å². The fourth-order valence-corrected chi connectivity index (χ4v) is 6.66. The standard InChI is InChI=1S/C19H27ClN2O3S/c1-14-16(20)8-5-9-17(14)26(24,25)22-12-6-7-15(13-22)19(18(21)23)10-3-2-4-11-19/h5,8-9,15H,2-4,6-7,10-13H2,1H3,(H2,21,23). The van der Waals surface area contributed by atoms with Crippen molar-refractivity contribution in [2.24, 2.45) is 17.1 Å². The third kappa shape index (κ3) is 3.39. The molecule has 5 nitrogen and oxygen atoms in total. The van der Waals surface area contributed by atoms with Gasteiger partial charge in [0, 0.05) is 18.1 Å². The average Bonchev–Trinajstić information content (AvgIpc) is 2.64. The average molecular weight is 399 g/mol. The summed E-state index contributed by atoms with van der Waals surface area (Å²) in [5, 5.41) is 0.445. The zero-order chi connectivity index (χ0) is 18.9. The molecule has 2 fully saturated rings. The Morgan fingerprint density at radius 2 is 1.92 bits per heavy atom. The van der Waals surface area contributed by atoms with Crippen LogP contribution >= 0.6 is 11.6 Å². The fourth-order valence-electron chi connectivity index (χ4n) is 4.66. The Bertz CT molecular complexity index is 788. The van der Waals surface area contributed by atoms with Crippen molar-refractivity contribution in [1.82, 2.24) is 4.31 Å². The van der Waals surface area contributed by atoms with Gasteiger partial charge < -0.3 is 5.73 Å². The van der Waals surface area contributed by atoms with Crippen molar-refractivity contribution in [2.45, 2.75) is 56.8 Å². The number of nitrogens with two attached hydrogens (primary N) is 1. The van der Waals surface area contributed by atoms with Crippen LogP contribution in [0.4, 0.5) is 0 Å². The number of carbonyl (C=O) groups excluding carboxylic acids is 1. The summed E-state index contributed by atoms with van der Waals surface area (Å²) in [7, 11) is -3.64. The van der Waals surface area contributed by atoms with Crippen LogP contribution in [0, 0.1) is 18.3 Å². The van der Waals surface area contributed by atoms with Gasteiger partial charge in [-0.05, 0) is 56.2 Å². The second-order valence-electron chi connectivity index (χ2n) is 7.65. The first-order valence-electron chi connectivity index (χ1n) is 9.34. The molecule has 1 aromatic rings. The molecule has 0 radical (unpaired) electrons. The van der Waals surface area contributed by atoms with E-state index in [2.05, 4.69) is 0 Å². The number of benzene rings is 1. The largest absolute Gasteiger partial charge is 0.369 e. The van der Waals surface area contributed by atoms with E-state index in [1.165, 1.54) is 4.31 Å². The van der Waals surface area contributed by atoms with Crippen LogP contribution in [0.1, 0.15) is 50.5 Å². The molecular formula is C19H27ClN2O3S. The van der Waals surface area contributed by atoms with Crippen LogP contribution < -0.4 is 5.73 Å². The summed E-state index contributed by atoms with van der Waals surface area (Å²) in [6.45, 7) is 2.56. The molecule has 1 aliphatic carbocycles. The Hall–Kier alpha value is -1.11. The molecule has 1 atom stereocenters. The van der Waals surface area contributed by atoms with E-state index >= 15 is 0 Å². The first-order valence-corrected chi connectivity index (χ1v) is 11.2. The number of hydrogen-bond acceptors (Lipinski definition) is 3. The van der Waals surface area contributed by atoms with Crippen molar-refractivity contribution >= 4 is 27.5 Å². The maximum Gasteiger partial charge on any atom is 0.243 e. The number of amides is 1. The van der Waals surface area contributed by atoms with Crippen molar-refractivity contribution in [2.75, 3.05) is 13.1 Å². The lowest BCUT2D eigenvalue weighted by molar-refractivity contribution is -0.134. The molecule has 1 aliphatic heterocycles. The van der Waals surface area contributed by atoms with E-state index in [4.69, 9.17) is 17.3 Å². The van der Waals surface area contributed by atoms with Gasteiger partial charge in [-0.2, -0.15) is 4.31 Å². The summed E-state index contributed by atoms with van der Waals surface area (Å²) in [5.41, 5.74) is 5.83. The minimum atomic E-state index is -3.64. The molecule has 144 valence electrons. The summed E-state index contributed by atoms with van der Waals surface area (Å²) in [5.74, 6) is -0.274. The Morgan fingerprint density at radius 3 is 2.58 bits per heavy atom. The number of piperidine rings is 1. The molecule has 2 aliphatic rings. The minimum absolute atomic E-state index is 0.0108. The van der Waals surface area contributed by atoms with E-state index in [1.807, 2.05) is 0 Å². The van der Waals surface area contributed by atoms with Crippen molar-refractivity contribution < 1.29 is 13.2 Å². The Morgan fingerprint density at radius 1 is 1.23 bits per heavy atom. The molecule has 26 heavy (non-hydrogen) atoms. The van der Waals surface area contributed by atoms with Gasteiger partial charge >= 0.3 is 0 Å². The van der Waals surface area contributed by atoms with Gasteiger partial charge in [0.2, 0.25) is 15.9 Å². The first-order chi connectivity index (χ1) is 12.3. The Kier molecular flexibility index (Phi) is 5.66. The number of sulfonamides is 1. The number of nitrogens with zero attached hydrogens (tertiary/aromatic N) is 1. The SMILES string of the molecule is Cc1c(Cl)cccc1S(=O)(=O)N1CCCC(C2(C(N)=O)CCCCC2)C1. The van der Waals surface area contributed by atoms with Crippen LogP contribution in [0.3, 0.4) is 0 Å². The lowest BCUT2D eigenvalue weighted by atomic mass is 9.63. The monoisotopic (exact) mass is 398 g/mol. The van der Waals surface area contributed by atoms with Gasteiger partial charge in [0.15, 0.2) is 0 Å². The van der Waals surface area contributed by atoms with E-state index in [-0.39, 0.29) is 16.7 Å².